The third-order valence-corrected chi connectivity index (χ3v) is 3.62. The summed E-state index contributed by atoms with van der Waals surface area (Å²) >= 11 is 0. The van der Waals surface area contributed by atoms with Crippen molar-refractivity contribution in [3.63, 3.8) is 0 Å². The van der Waals surface area contributed by atoms with Gasteiger partial charge in [0.1, 0.15) is 0 Å². The molecule has 0 spiro atoms. The number of piperidine rings is 1. The molecule has 0 saturated carbocycles. The van der Waals surface area contributed by atoms with Crippen LogP contribution in [0.4, 0.5) is 0 Å². The first kappa shape index (κ1) is 11.4. The summed E-state index contributed by atoms with van der Waals surface area (Å²) in [6, 6.07) is 4.08. The molecule has 0 aliphatic carbocycles. The van der Waals surface area contributed by atoms with Gasteiger partial charge in [-0.05, 0) is 38.4 Å². The number of pyridine rings is 1. The maximum atomic E-state index is 4.36. The van der Waals surface area contributed by atoms with Crippen LogP contribution in [0.1, 0.15) is 30.1 Å². The minimum absolute atomic E-state index is 0.556. The van der Waals surface area contributed by atoms with Gasteiger partial charge < -0.3 is 9.88 Å². The Hall–Kier alpha value is -1.68. The first-order chi connectivity index (χ1) is 8.86. The lowest BCUT2D eigenvalue weighted by Gasteiger charge is -2.24. The molecule has 1 saturated heterocycles. The number of aryl methyl sites for hydroxylation is 1. The van der Waals surface area contributed by atoms with Crippen molar-refractivity contribution in [2.45, 2.75) is 25.7 Å². The molecule has 3 rings (SSSR count). The smallest absolute Gasteiger partial charge is 0.0994 e. The lowest BCUT2D eigenvalue weighted by molar-refractivity contribution is 0.451. The molecule has 0 bridgehead atoms. The molecule has 2 aromatic heterocycles. The highest BCUT2D eigenvalue weighted by Crippen LogP contribution is 2.25. The van der Waals surface area contributed by atoms with Gasteiger partial charge in [0.25, 0.3) is 0 Å². The maximum absolute atomic E-state index is 4.36. The summed E-state index contributed by atoms with van der Waals surface area (Å²) in [5.74, 6) is 0.556. The quantitative estimate of drug-likeness (QED) is 0.876. The number of hydrogen-bond donors (Lipinski definition) is 1. The van der Waals surface area contributed by atoms with Crippen molar-refractivity contribution in [1.29, 1.82) is 0 Å². The van der Waals surface area contributed by atoms with Gasteiger partial charge in [-0.3, -0.25) is 4.98 Å². The Morgan fingerprint density at radius 2 is 2.39 bits per heavy atom. The first-order valence-electron chi connectivity index (χ1n) is 6.51. The molecule has 1 unspecified atom stereocenters. The topological polar surface area (TPSA) is 42.7 Å². The molecule has 0 aromatic carbocycles. The van der Waals surface area contributed by atoms with Crippen LogP contribution in [0.5, 0.6) is 0 Å². The standard InChI is InChI=1S/C14H18N4/c1-11-13(5-3-7-17-11)18-10-16-9-14(18)12-4-2-6-15-8-12/h3,5,7,9-10,12,15H,2,4,6,8H2,1H3. The van der Waals surface area contributed by atoms with E-state index in [4.69, 9.17) is 0 Å². The summed E-state index contributed by atoms with van der Waals surface area (Å²) in [6.45, 7) is 4.22. The minimum Gasteiger partial charge on any atom is -0.316 e. The number of rotatable bonds is 2. The monoisotopic (exact) mass is 242 g/mol. The van der Waals surface area contributed by atoms with Crippen molar-refractivity contribution in [3.8, 4) is 5.69 Å². The second-order valence-corrected chi connectivity index (χ2v) is 4.84. The number of hydrogen-bond acceptors (Lipinski definition) is 3. The zero-order valence-corrected chi connectivity index (χ0v) is 10.6. The Morgan fingerprint density at radius 3 is 3.17 bits per heavy atom. The van der Waals surface area contributed by atoms with E-state index in [2.05, 4.69) is 25.9 Å². The summed E-state index contributed by atoms with van der Waals surface area (Å²) in [7, 11) is 0. The van der Waals surface area contributed by atoms with E-state index in [1.165, 1.54) is 18.5 Å². The Bertz CT molecular complexity index is 526. The van der Waals surface area contributed by atoms with E-state index < -0.39 is 0 Å². The molecule has 0 radical (unpaired) electrons. The third-order valence-electron chi connectivity index (χ3n) is 3.62. The fourth-order valence-electron chi connectivity index (χ4n) is 2.64. The predicted molar refractivity (Wildman–Crippen MR) is 70.9 cm³/mol. The summed E-state index contributed by atoms with van der Waals surface area (Å²) in [5, 5.41) is 3.46. The molecule has 1 N–H and O–H groups in total. The summed E-state index contributed by atoms with van der Waals surface area (Å²) < 4.78 is 2.18. The SMILES string of the molecule is Cc1ncccc1-n1cncc1C1CCCNC1. The molecule has 4 heteroatoms. The average molecular weight is 242 g/mol. The van der Waals surface area contributed by atoms with Gasteiger partial charge in [0.2, 0.25) is 0 Å². The second kappa shape index (κ2) is 4.90. The molecule has 3 heterocycles. The molecular weight excluding hydrogens is 224 g/mol. The summed E-state index contributed by atoms with van der Waals surface area (Å²) in [4.78, 5) is 8.68. The van der Waals surface area contributed by atoms with E-state index in [0.29, 0.717) is 5.92 Å². The molecule has 2 aromatic rings. The summed E-state index contributed by atoms with van der Waals surface area (Å²) in [6.07, 6.45) is 8.19. The number of aromatic nitrogens is 3. The van der Waals surface area contributed by atoms with Crippen LogP contribution < -0.4 is 5.32 Å². The lowest BCUT2D eigenvalue weighted by atomic mass is 9.96. The number of imidazole rings is 1. The molecule has 0 amide bonds. The molecular formula is C14H18N4. The largest absolute Gasteiger partial charge is 0.316 e. The van der Waals surface area contributed by atoms with Crippen molar-refractivity contribution in [3.05, 3.63) is 42.2 Å². The summed E-state index contributed by atoms with van der Waals surface area (Å²) in [5.41, 5.74) is 3.47. The highest BCUT2D eigenvalue weighted by Gasteiger charge is 2.19. The van der Waals surface area contributed by atoms with Crippen molar-refractivity contribution in [2.24, 2.45) is 0 Å². The van der Waals surface area contributed by atoms with Gasteiger partial charge in [0.15, 0.2) is 0 Å². The highest BCUT2D eigenvalue weighted by molar-refractivity contribution is 5.37. The normalized spacial score (nSPS) is 19.9. The Balaban J connectivity index is 1.98. The van der Waals surface area contributed by atoms with Crippen LogP contribution in [0.25, 0.3) is 5.69 Å². The van der Waals surface area contributed by atoms with E-state index in [1.54, 1.807) is 0 Å². The van der Waals surface area contributed by atoms with E-state index in [-0.39, 0.29) is 0 Å². The maximum Gasteiger partial charge on any atom is 0.0994 e. The van der Waals surface area contributed by atoms with Crippen molar-refractivity contribution in [1.82, 2.24) is 19.9 Å². The van der Waals surface area contributed by atoms with Crippen LogP contribution in [0.3, 0.4) is 0 Å². The van der Waals surface area contributed by atoms with Crippen LogP contribution in [-0.4, -0.2) is 27.6 Å². The molecule has 18 heavy (non-hydrogen) atoms. The molecule has 1 aliphatic heterocycles. The van der Waals surface area contributed by atoms with Crippen LogP contribution in [-0.2, 0) is 0 Å². The second-order valence-electron chi connectivity index (χ2n) is 4.84. The van der Waals surface area contributed by atoms with Crippen LogP contribution in [0.2, 0.25) is 0 Å². The van der Waals surface area contributed by atoms with Gasteiger partial charge >= 0.3 is 0 Å². The Labute approximate surface area is 107 Å². The molecule has 1 fully saturated rings. The van der Waals surface area contributed by atoms with Crippen molar-refractivity contribution in [2.75, 3.05) is 13.1 Å². The highest BCUT2D eigenvalue weighted by atomic mass is 15.1. The van der Waals surface area contributed by atoms with E-state index in [0.717, 1.165) is 24.5 Å². The van der Waals surface area contributed by atoms with Gasteiger partial charge in [0.05, 0.1) is 17.7 Å². The van der Waals surface area contributed by atoms with Gasteiger partial charge in [-0.2, -0.15) is 0 Å². The van der Waals surface area contributed by atoms with E-state index in [1.807, 2.05) is 31.7 Å². The lowest BCUT2D eigenvalue weighted by Crippen LogP contribution is -2.29. The van der Waals surface area contributed by atoms with Crippen LogP contribution in [0, 0.1) is 6.92 Å². The van der Waals surface area contributed by atoms with Gasteiger partial charge in [-0.25, -0.2) is 4.98 Å². The van der Waals surface area contributed by atoms with Crippen LogP contribution in [0.15, 0.2) is 30.9 Å². The minimum atomic E-state index is 0.556. The van der Waals surface area contributed by atoms with Crippen LogP contribution >= 0.6 is 0 Å². The predicted octanol–water partition coefficient (Wildman–Crippen LogP) is 2.04. The number of nitrogens with zero attached hydrogens (tertiary/aromatic N) is 3. The zero-order chi connectivity index (χ0) is 12.4. The third kappa shape index (κ3) is 2.04. The van der Waals surface area contributed by atoms with Crippen molar-refractivity contribution < 1.29 is 0 Å². The molecule has 1 atom stereocenters. The molecule has 94 valence electrons. The molecule has 4 nitrogen and oxygen atoms in total. The van der Waals surface area contributed by atoms with E-state index in [9.17, 15) is 0 Å². The van der Waals surface area contributed by atoms with Gasteiger partial charge in [-0.1, -0.05) is 0 Å². The fraction of sp³-hybridized carbons (Fsp3) is 0.429. The Kier molecular flexibility index (Phi) is 3.11. The zero-order valence-electron chi connectivity index (χ0n) is 10.6. The fourth-order valence-corrected chi connectivity index (χ4v) is 2.64. The first-order valence-corrected chi connectivity index (χ1v) is 6.51. The molecule has 1 aliphatic rings. The number of nitrogens with one attached hydrogen (secondary N) is 1. The van der Waals surface area contributed by atoms with E-state index >= 15 is 0 Å². The van der Waals surface area contributed by atoms with Crippen molar-refractivity contribution >= 4 is 0 Å². The average Bonchev–Trinajstić information content (AvgIpc) is 2.89. The Morgan fingerprint density at radius 1 is 1.44 bits per heavy atom. The van der Waals surface area contributed by atoms with Gasteiger partial charge in [0, 0.05) is 30.6 Å². The van der Waals surface area contributed by atoms with Gasteiger partial charge in [-0.15, -0.1) is 0 Å².